The average Bonchev–Trinajstić information content (AvgIpc) is 3.69. The van der Waals surface area contributed by atoms with Crippen molar-refractivity contribution in [3.8, 4) is 11.5 Å². The molecule has 14 heteroatoms. The fraction of sp³-hybridized carbons (Fsp3) is 0.176. The third-order valence-electron chi connectivity index (χ3n) is 8.20. The fourth-order valence-corrected chi connectivity index (χ4v) is 8.37. The first-order chi connectivity index (χ1) is 23.2. The van der Waals surface area contributed by atoms with Crippen LogP contribution in [0.15, 0.2) is 112 Å². The number of ether oxygens (including phenoxy) is 1. The van der Waals surface area contributed by atoms with E-state index in [0.717, 1.165) is 13.8 Å². The Kier molecular flexibility index (Phi) is 8.37. The maximum absolute atomic E-state index is 13.7. The summed E-state index contributed by atoms with van der Waals surface area (Å²) in [7, 11) is -4.04. The van der Waals surface area contributed by atoms with Crippen LogP contribution >= 0.6 is 11.8 Å². The largest absolute Gasteiger partial charge is 0.455 e. The zero-order valence-electron chi connectivity index (χ0n) is 25.3. The highest BCUT2D eigenvalue weighted by Gasteiger charge is 2.41. The third-order valence-corrected chi connectivity index (χ3v) is 11.1. The highest BCUT2D eigenvalue weighted by Crippen LogP contribution is 2.46. The number of benzene rings is 3. The van der Waals surface area contributed by atoms with E-state index in [-0.39, 0.29) is 30.1 Å². The van der Waals surface area contributed by atoms with Gasteiger partial charge in [-0.2, -0.15) is 0 Å². The molecule has 48 heavy (non-hydrogen) atoms. The smallest absolute Gasteiger partial charge is 0.268 e. The molecule has 0 radical (unpaired) electrons. The molecule has 3 amide bonds. The van der Waals surface area contributed by atoms with Crippen LogP contribution in [0.5, 0.6) is 11.5 Å². The van der Waals surface area contributed by atoms with E-state index in [2.05, 4.69) is 15.6 Å². The predicted octanol–water partition coefficient (Wildman–Crippen LogP) is 3.54. The number of carbonyl (C=O) groups excluding carboxylic acids is 3. The van der Waals surface area contributed by atoms with Gasteiger partial charge < -0.3 is 25.4 Å². The zero-order valence-corrected chi connectivity index (χ0v) is 26.9. The molecule has 0 aliphatic carbocycles. The van der Waals surface area contributed by atoms with Crippen molar-refractivity contribution in [3.63, 3.8) is 0 Å². The Hall–Kier alpha value is -5.18. The Labute approximate surface area is 279 Å². The van der Waals surface area contributed by atoms with Gasteiger partial charge in [-0.25, -0.2) is 12.4 Å². The lowest BCUT2D eigenvalue weighted by Gasteiger charge is -2.26. The molecule has 2 aromatic heterocycles. The summed E-state index contributed by atoms with van der Waals surface area (Å²) in [6.45, 7) is -0.502. The van der Waals surface area contributed by atoms with E-state index in [4.69, 9.17) is 4.74 Å². The first-order valence-corrected chi connectivity index (χ1v) is 17.3. The zero-order chi connectivity index (χ0) is 33.4. The second-order valence-corrected chi connectivity index (χ2v) is 14.1. The Morgan fingerprint density at radius 3 is 2.54 bits per heavy atom. The van der Waals surface area contributed by atoms with E-state index in [1.165, 1.54) is 41.2 Å². The first-order valence-electron chi connectivity index (χ1n) is 15.1. The Balaban J connectivity index is 1.02. The number of amides is 3. The summed E-state index contributed by atoms with van der Waals surface area (Å²) in [5.74, 6) is -0.483. The molecule has 2 atom stereocenters. The quantitative estimate of drug-likeness (QED) is 0.218. The van der Waals surface area contributed by atoms with Crippen LogP contribution < -0.4 is 15.4 Å². The molecule has 244 valence electrons. The van der Waals surface area contributed by atoms with Gasteiger partial charge in [0.25, 0.3) is 15.9 Å². The van der Waals surface area contributed by atoms with Crippen LogP contribution in [0.1, 0.15) is 22.5 Å². The third kappa shape index (κ3) is 5.89. The number of aliphatic hydroxyl groups is 1. The molecule has 1 fully saturated rings. The molecule has 0 unspecified atom stereocenters. The average molecular weight is 684 g/mol. The number of nitrogens with zero attached hydrogens (tertiary/aromatic N) is 3. The Morgan fingerprint density at radius 2 is 1.71 bits per heavy atom. The minimum Gasteiger partial charge on any atom is -0.455 e. The number of carbonyl (C=O) groups is 3. The lowest BCUT2D eigenvalue weighted by molar-refractivity contribution is -0.139. The van der Waals surface area contributed by atoms with Crippen LogP contribution in [0.4, 0.5) is 0 Å². The maximum atomic E-state index is 13.7. The lowest BCUT2D eigenvalue weighted by Crippen LogP contribution is -2.52. The molecular weight excluding hydrogens is 655 g/mol. The van der Waals surface area contributed by atoms with Crippen molar-refractivity contribution in [1.82, 2.24) is 24.5 Å². The number of nitrogens with one attached hydrogen (secondary N) is 2. The molecule has 2 aliphatic heterocycles. The van der Waals surface area contributed by atoms with Crippen LogP contribution in [-0.2, 0) is 26.2 Å². The summed E-state index contributed by atoms with van der Waals surface area (Å²) in [5.41, 5.74) is 0.956. The first kappa shape index (κ1) is 31.4. The minimum atomic E-state index is -4.04. The van der Waals surface area contributed by atoms with Crippen LogP contribution in [0, 0.1) is 0 Å². The number of likely N-dealkylation sites (tertiary alicyclic amines) is 1. The van der Waals surface area contributed by atoms with Crippen molar-refractivity contribution < 1.29 is 32.6 Å². The summed E-state index contributed by atoms with van der Waals surface area (Å²) in [6.07, 6.45) is 2.03. The predicted molar refractivity (Wildman–Crippen MR) is 176 cm³/mol. The number of aliphatic hydroxyl groups excluding tert-OH is 1. The van der Waals surface area contributed by atoms with Gasteiger partial charge in [0.15, 0.2) is 0 Å². The Morgan fingerprint density at radius 1 is 0.938 bits per heavy atom. The molecule has 7 rings (SSSR count). The molecule has 0 spiro atoms. The second-order valence-electron chi connectivity index (χ2n) is 11.3. The van der Waals surface area contributed by atoms with Crippen molar-refractivity contribution in [3.05, 3.63) is 109 Å². The lowest BCUT2D eigenvalue weighted by atomic mass is 10.1. The van der Waals surface area contributed by atoms with E-state index in [1.54, 1.807) is 48.5 Å². The maximum Gasteiger partial charge on any atom is 0.268 e. The fourth-order valence-electron chi connectivity index (χ4n) is 5.88. The molecular formula is C34H29N5O7S2. The van der Waals surface area contributed by atoms with Gasteiger partial charge in [0.05, 0.1) is 45.1 Å². The molecule has 2 aliphatic rings. The second kappa shape index (κ2) is 12.8. The normalized spacial score (nSPS) is 16.9. The van der Waals surface area contributed by atoms with E-state index in [9.17, 15) is 27.9 Å². The summed E-state index contributed by atoms with van der Waals surface area (Å²) in [4.78, 5) is 46.9. The van der Waals surface area contributed by atoms with Gasteiger partial charge in [-0.15, -0.1) is 0 Å². The highest BCUT2D eigenvalue weighted by molar-refractivity contribution is 7.99. The highest BCUT2D eigenvalue weighted by atomic mass is 32.2. The van der Waals surface area contributed by atoms with Crippen molar-refractivity contribution in [2.45, 2.75) is 39.8 Å². The molecule has 1 saturated heterocycles. The molecule has 0 bridgehead atoms. The Bertz CT molecular complexity index is 2170. The van der Waals surface area contributed by atoms with Crippen molar-refractivity contribution >= 4 is 50.4 Å². The van der Waals surface area contributed by atoms with Crippen LogP contribution in [0.3, 0.4) is 0 Å². The number of rotatable bonds is 8. The van der Waals surface area contributed by atoms with E-state index in [0.29, 0.717) is 28.0 Å². The van der Waals surface area contributed by atoms with Gasteiger partial charge >= 0.3 is 0 Å². The minimum absolute atomic E-state index is 0.0732. The summed E-state index contributed by atoms with van der Waals surface area (Å²) >= 11 is 1.53. The van der Waals surface area contributed by atoms with Crippen molar-refractivity contribution in [2.75, 3.05) is 13.1 Å². The number of para-hydroxylation sites is 1. The van der Waals surface area contributed by atoms with Crippen molar-refractivity contribution in [1.29, 1.82) is 0 Å². The molecule has 12 nitrogen and oxygen atoms in total. The number of pyridine rings is 1. The van der Waals surface area contributed by atoms with Gasteiger partial charge in [-0.3, -0.25) is 19.4 Å². The van der Waals surface area contributed by atoms with Gasteiger partial charge in [0, 0.05) is 29.9 Å². The standard InChI is InChI=1S/C34H29N5O7S2/c40-26-13-15-38(31(41)20-37-33(42)21-10-11-30-28(17-21)46-27-8-4-5-9-29(27)47-30)32(26)34(43)36-19-23-16-22-18-35-14-12-25(22)39(23)48(44,45)24-6-2-1-3-7-24/h1-12,14,16-18,26,32,40H,13,15,19-20H2,(H,36,43)(H,37,42)/t26-,32+/m1/s1. The van der Waals surface area contributed by atoms with Gasteiger partial charge in [0.2, 0.25) is 11.8 Å². The monoisotopic (exact) mass is 683 g/mol. The van der Waals surface area contributed by atoms with Crippen molar-refractivity contribution in [2.24, 2.45) is 0 Å². The van der Waals surface area contributed by atoms with Gasteiger partial charge in [-0.1, -0.05) is 42.1 Å². The SMILES string of the molecule is O=C(NCC(=O)N1CC[C@@H](O)[C@H]1C(=O)NCc1cc2cnccc2n1S(=O)(=O)c1ccccc1)c1ccc2c(c1)Oc1ccccc1S2. The molecule has 3 N–H and O–H groups in total. The van der Waals surface area contributed by atoms with Crippen LogP contribution in [-0.4, -0.2) is 70.3 Å². The molecule has 4 heterocycles. The van der Waals surface area contributed by atoms with Gasteiger partial charge in [-0.05, 0) is 61.0 Å². The van der Waals surface area contributed by atoms with E-state index >= 15 is 0 Å². The number of aromatic nitrogens is 2. The topological polar surface area (TPSA) is 160 Å². The number of hydrogen-bond donors (Lipinski definition) is 3. The van der Waals surface area contributed by atoms with Gasteiger partial charge in [0.1, 0.15) is 17.5 Å². The van der Waals surface area contributed by atoms with E-state index in [1.807, 2.05) is 24.3 Å². The summed E-state index contributed by atoms with van der Waals surface area (Å²) < 4.78 is 34.5. The van der Waals surface area contributed by atoms with Crippen LogP contribution in [0.25, 0.3) is 10.9 Å². The molecule has 5 aromatic rings. The van der Waals surface area contributed by atoms with Crippen LogP contribution in [0.2, 0.25) is 0 Å². The number of fused-ring (bicyclic) bond motifs is 3. The summed E-state index contributed by atoms with van der Waals surface area (Å²) in [5, 5.41) is 16.6. The molecule has 3 aromatic carbocycles. The molecule has 0 saturated carbocycles. The summed E-state index contributed by atoms with van der Waals surface area (Å²) in [6, 6.07) is 22.5. The van der Waals surface area contributed by atoms with E-state index < -0.39 is 46.4 Å². The number of hydrogen-bond acceptors (Lipinski definition) is 9.